The lowest BCUT2D eigenvalue weighted by Gasteiger charge is -2.16. The maximum absolute atomic E-state index is 11.5. The fourth-order valence-corrected chi connectivity index (χ4v) is 1.78. The van der Waals surface area contributed by atoms with Gasteiger partial charge in [0.25, 0.3) is 0 Å². The smallest absolute Gasteiger partial charge is 0.317 e. The topological polar surface area (TPSA) is 32.3 Å². The van der Waals surface area contributed by atoms with Crippen LogP contribution in [-0.4, -0.2) is 30.6 Å². The molecule has 1 saturated heterocycles. The van der Waals surface area contributed by atoms with Crippen molar-refractivity contribution in [2.45, 2.75) is 26.2 Å². The summed E-state index contributed by atoms with van der Waals surface area (Å²) in [4.78, 5) is 13.5. The summed E-state index contributed by atoms with van der Waals surface area (Å²) in [6, 6.07) is 0.149. The van der Waals surface area contributed by atoms with Gasteiger partial charge in [0.2, 0.25) is 0 Å². The van der Waals surface area contributed by atoms with Crippen LogP contribution in [0, 0.1) is 11.8 Å². The van der Waals surface area contributed by atoms with Crippen molar-refractivity contribution in [3.8, 4) is 0 Å². The molecular formula is C10H18N2O. The number of urea groups is 1. The van der Waals surface area contributed by atoms with Gasteiger partial charge in [0.05, 0.1) is 0 Å². The average Bonchev–Trinajstić information content (AvgIpc) is 2.84. The van der Waals surface area contributed by atoms with Crippen LogP contribution >= 0.6 is 0 Å². The Bertz CT molecular complexity index is 201. The molecule has 1 heterocycles. The Balaban J connectivity index is 1.69. The van der Waals surface area contributed by atoms with Crippen LogP contribution in [0.15, 0.2) is 0 Å². The van der Waals surface area contributed by atoms with Crippen LogP contribution in [0.3, 0.4) is 0 Å². The van der Waals surface area contributed by atoms with E-state index >= 15 is 0 Å². The number of nitrogens with zero attached hydrogens (tertiary/aromatic N) is 1. The van der Waals surface area contributed by atoms with E-state index in [4.69, 9.17) is 0 Å². The Morgan fingerprint density at radius 1 is 1.46 bits per heavy atom. The lowest BCUT2D eigenvalue weighted by Crippen LogP contribution is -2.39. The Kier molecular flexibility index (Phi) is 2.42. The van der Waals surface area contributed by atoms with Crippen molar-refractivity contribution >= 4 is 6.03 Å². The van der Waals surface area contributed by atoms with Crippen LogP contribution in [0.4, 0.5) is 4.79 Å². The molecule has 0 aromatic carbocycles. The number of nitrogens with one attached hydrogen (secondary N) is 1. The van der Waals surface area contributed by atoms with E-state index in [-0.39, 0.29) is 6.03 Å². The number of carbonyl (C=O) groups is 1. The molecule has 1 unspecified atom stereocenters. The molecule has 0 spiro atoms. The number of hydrogen-bond acceptors (Lipinski definition) is 1. The molecule has 2 amide bonds. The van der Waals surface area contributed by atoms with E-state index in [9.17, 15) is 4.79 Å². The van der Waals surface area contributed by atoms with E-state index < -0.39 is 0 Å². The van der Waals surface area contributed by atoms with E-state index in [0.29, 0.717) is 5.92 Å². The van der Waals surface area contributed by atoms with Crippen molar-refractivity contribution in [3.63, 3.8) is 0 Å². The van der Waals surface area contributed by atoms with Crippen molar-refractivity contribution < 1.29 is 4.79 Å². The molecule has 3 heteroatoms. The Morgan fingerprint density at radius 3 is 2.77 bits per heavy atom. The van der Waals surface area contributed by atoms with Crippen LogP contribution < -0.4 is 5.32 Å². The molecule has 2 rings (SSSR count). The maximum atomic E-state index is 11.5. The minimum atomic E-state index is 0.149. The summed E-state index contributed by atoms with van der Waals surface area (Å²) in [7, 11) is 0. The van der Waals surface area contributed by atoms with Crippen LogP contribution in [0.2, 0.25) is 0 Å². The summed E-state index contributed by atoms with van der Waals surface area (Å²) in [5.41, 5.74) is 0. The number of hydrogen-bond donors (Lipinski definition) is 1. The minimum Gasteiger partial charge on any atom is -0.338 e. The van der Waals surface area contributed by atoms with Crippen molar-refractivity contribution in [1.82, 2.24) is 10.2 Å². The quantitative estimate of drug-likeness (QED) is 0.688. The predicted octanol–water partition coefficient (Wildman–Crippen LogP) is 1.45. The monoisotopic (exact) mass is 182 g/mol. The third-order valence-corrected chi connectivity index (χ3v) is 2.95. The molecule has 74 valence electrons. The highest BCUT2D eigenvalue weighted by molar-refractivity contribution is 5.74. The Morgan fingerprint density at radius 2 is 2.23 bits per heavy atom. The van der Waals surface area contributed by atoms with Crippen molar-refractivity contribution in [2.75, 3.05) is 19.6 Å². The van der Waals surface area contributed by atoms with E-state index in [0.717, 1.165) is 32.0 Å². The zero-order valence-corrected chi connectivity index (χ0v) is 8.25. The molecule has 0 aromatic rings. The second-order valence-corrected chi connectivity index (χ2v) is 4.47. The molecule has 2 aliphatic rings. The molecule has 13 heavy (non-hydrogen) atoms. The molecule has 1 atom stereocenters. The molecule has 1 saturated carbocycles. The number of carbonyl (C=O) groups excluding carboxylic acids is 1. The van der Waals surface area contributed by atoms with Gasteiger partial charge in [0.1, 0.15) is 0 Å². The van der Waals surface area contributed by atoms with Crippen LogP contribution in [0.1, 0.15) is 26.2 Å². The van der Waals surface area contributed by atoms with Crippen molar-refractivity contribution in [2.24, 2.45) is 11.8 Å². The van der Waals surface area contributed by atoms with Gasteiger partial charge in [-0.1, -0.05) is 6.92 Å². The Hall–Kier alpha value is -0.730. The summed E-state index contributed by atoms with van der Waals surface area (Å²) in [5, 5.41) is 2.99. The summed E-state index contributed by atoms with van der Waals surface area (Å²) in [5.74, 6) is 1.47. The summed E-state index contributed by atoms with van der Waals surface area (Å²) < 4.78 is 0. The van der Waals surface area contributed by atoms with Crippen molar-refractivity contribution in [3.05, 3.63) is 0 Å². The third kappa shape index (κ3) is 2.36. The van der Waals surface area contributed by atoms with E-state index in [2.05, 4.69) is 12.2 Å². The molecule has 1 aliphatic carbocycles. The molecule has 1 N–H and O–H groups in total. The highest BCUT2D eigenvalue weighted by Gasteiger charge is 2.26. The number of likely N-dealkylation sites (tertiary alicyclic amines) is 1. The van der Waals surface area contributed by atoms with Gasteiger partial charge in [-0.15, -0.1) is 0 Å². The predicted molar refractivity (Wildman–Crippen MR) is 51.5 cm³/mol. The molecule has 2 fully saturated rings. The summed E-state index contributed by atoms with van der Waals surface area (Å²) in [6.07, 6.45) is 3.77. The lowest BCUT2D eigenvalue weighted by atomic mass is 10.2. The SMILES string of the molecule is CC1CCN(C(=O)NCC2CC2)C1. The minimum absolute atomic E-state index is 0.149. The van der Waals surface area contributed by atoms with Crippen LogP contribution in [0.25, 0.3) is 0 Å². The highest BCUT2D eigenvalue weighted by atomic mass is 16.2. The van der Waals surface area contributed by atoms with Gasteiger partial charge in [-0.05, 0) is 31.1 Å². The zero-order chi connectivity index (χ0) is 9.26. The standard InChI is InChI=1S/C10H18N2O/c1-8-4-5-12(7-8)10(13)11-6-9-2-3-9/h8-9H,2-7H2,1H3,(H,11,13). The first kappa shape index (κ1) is 8.85. The fraction of sp³-hybridized carbons (Fsp3) is 0.900. The van der Waals surface area contributed by atoms with E-state index in [1.54, 1.807) is 0 Å². The number of rotatable bonds is 2. The molecule has 0 radical (unpaired) electrons. The molecule has 3 nitrogen and oxygen atoms in total. The highest BCUT2D eigenvalue weighted by Crippen LogP contribution is 2.27. The van der Waals surface area contributed by atoms with Gasteiger partial charge < -0.3 is 10.2 Å². The summed E-state index contributed by atoms with van der Waals surface area (Å²) >= 11 is 0. The molecule has 1 aliphatic heterocycles. The van der Waals surface area contributed by atoms with Crippen LogP contribution in [0.5, 0.6) is 0 Å². The first-order valence-corrected chi connectivity index (χ1v) is 5.28. The van der Waals surface area contributed by atoms with Crippen molar-refractivity contribution in [1.29, 1.82) is 0 Å². The zero-order valence-electron chi connectivity index (χ0n) is 8.25. The Labute approximate surface area is 79.5 Å². The fourth-order valence-electron chi connectivity index (χ4n) is 1.78. The van der Waals surface area contributed by atoms with E-state index in [1.165, 1.54) is 12.8 Å². The first-order chi connectivity index (χ1) is 6.25. The van der Waals surface area contributed by atoms with E-state index in [1.807, 2.05) is 4.90 Å². The van der Waals surface area contributed by atoms with Gasteiger partial charge in [0.15, 0.2) is 0 Å². The van der Waals surface area contributed by atoms with Gasteiger partial charge in [0, 0.05) is 19.6 Å². The second kappa shape index (κ2) is 3.56. The third-order valence-electron chi connectivity index (χ3n) is 2.95. The first-order valence-electron chi connectivity index (χ1n) is 5.28. The maximum Gasteiger partial charge on any atom is 0.317 e. The molecular weight excluding hydrogens is 164 g/mol. The van der Waals surface area contributed by atoms with Gasteiger partial charge in [-0.3, -0.25) is 0 Å². The normalized spacial score (nSPS) is 27.8. The average molecular weight is 182 g/mol. The number of amides is 2. The van der Waals surface area contributed by atoms with Gasteiger partial charge in [-0.25, -0.2) is 4.79 Å². The molecule has 0 aromatic heterocycles. The largest absolute Gasteiger partial charge is 0.338 e. The van der Waals surface area contributed by atoms with Gasteiger partial charge in [-0.2, -0.15) is 0 Å². The van der Waals surface area contributed by atoms with Crippen LogP contribution in [-0.2, 0) is 0 Å². The molecule has 0 bridgehead atoms. The second-order valence-electron chi connectivity index (χ2n) is 4.47. The lowest BCUT2D eigenvalue weighted by molar-refractivity contribution is 0.207. The van der Waals surface area contributed by atoms with Gasteiger partial charge >= 0.3 is 6.03 Å². The summed E-state index contributed by atoms with van der Waals surface area (Å²) in [6.45, 7) is 4.98.